The van der Waals surface area contributed by atoms with E-state index in [0.717, 1.165) is 12.8 Å². The summed E-state index contributed by atoms with van der Waals surface area (Å²) in [4.78, 5) is 14.3. The Hall–Kier alpha value is -1.87. The second-order valence-corrected chi connectivity index (χ2v) is 5.70. The van der Waals surface area contributed by atoms with E-state index in [1.165, 1.54) is 29.3 Å². The van der Waals surface area contributed by atoms with Crippen molar-refractivity contribution in [3.8, 4) is 0 Å². The number of aryl methyl sites for hydroxylation is 1. The van der Waals surface area contributed by atoms with Gasteiger partial charge >= 0.3 is 0 Å². The molecule has 1 atom stereocenters. The third-order valence-corrected chi connectivity index (χ3v) is 4.36. The van der Waals surface area contributed by atoms with Gasteiger partial charge in [0.15, 0.2) is 0 Å². The number of rotatable bonds is 2. The van der Waals surface area contributed by atoms with Gasteiger partial charge in [-0.25, -0.2) is 4.39 Å². The lowest BCUT2D eigenvalue weighted by atomic mass is 10.1. The zero-order valence-corrected chi connectivity index (χ0v) is 12.4. The normalized spacial score (nSPS) is 16.6. The fourth-order valence-electron chi connectivity index (χ4n) is 2.93. The van der Waals surface area contributed by atoms with E-state index in [1.807, 2.05) is 12.1 Å². The molecule has 21 heavy (non-hydrogen) atoms. The van der Waals surface area contributed by atoms with E-state index < -0.39 is 5.82 Å². The van der Waals surface area contributed by atoms with E-state index in [-0.39, 0.29) is 17.0 Å². The number of fused-ring (bicyclic) bond motifs is 1. The van der Waals surface area contributed by atoms with Crippen LogP contribution in [0.5, 0.6) is 0 Å². The van der Waals surface area contributed by atoms with Gasteiger partial charge in [-0.3, -0.25) is 4.79 Å². The summed E-state index contributed by atoms with van der Waals surface area (Å²) in [6, 6.07) is 12.1. The molecule has 1 amide bonds. The Labute approximate surface area is 128 Å². The minimum absolute atomic E-state index is 0.0508. The van der Waals surface area contributed by atoms with Crippen molar-refractivity contribution in [2.24, 2.45) is 0 Å². The molecule has 0 aliphatic heterocycles. The predicted molar refractivity (Wildman–Crippen MR) is 81.0 cm³/mol. The molecular weight excluding hydrogens is 289 g/mol. The van der Waals surface area contributed by atoms with E-state index in [1.54, 1.807) is 11.9 Å². The number of halogens is 2. The molecule has 0 unspecified atom stereocenters. The van der Waals surface area contributed by atoms with E-state index >= 15 is 0 Å². The summed E-state index contributed by atoms with van der Waals surface area (Å²) in [7, 11) is 1.77. The molecule has 0 radical (unpaired) electrons. The number of nitrogens with zero attached hydrogens (tertiary/aromatic N) is 1. The van der Waals surface area contributed by atoms with Crippen molar-refractivity contribution < 1.29 is 9.18 Å². The molecule has 4 heteroatoms. The molecule has 0 heterocycles. The van der Waals surface area contributed by atoms with Crippen molar-refractivity contribution >= 4 is 17.5 Å². The average molecular weight is 304 g/mol. The van der Waals surface area contributed by atoms with Crippen LogP contribution in [0, 0.1) is 5.82 Å². The predicted octanol–water partition coefficient (Wildman–Crippen LogP) is 4.24. The fourth-order valence-corrected chi connectivity index (χ4v) is 3.18. The highest BCUT2D eigenvalue weighted by molar-refractivity contribution is 6.33. The molecule has 1 aliphatic carbocycles. The van der Waals surface area contributed by atoms with Gasteiger partial charge in [-0.05, 0) is 42.2 Å². The first-order valence-corrected chi connectivity index (χ1v) is 7.25. The summed E-state index contributed by atoms with van der Waals surface area (Å²) in [5, 5.41) is 0.151. The van der Waals surface area contributed by atoms with Crippen LogP contribution in [0.1, 0.15) is 33.9 Å². The van der Waals surface area contributed by atoms with Crippen molar-refractivity contribution in [2.45, 2.75) is 18.9 Å². The molecular formula is C17H15ClFNO. The van der Waals surface area contributed by atoms with Gasteiger partial charge in [0.1, 0.15) is 5.82 Å². The smallest absolute Gasteiger partial charge is 0.255 e. The minimum atomic E-state index is -0.439. The summed E-state index contributed by atoms with van der Waals surface area (Å²) in [6.07, 6.45) is 1.87. The molecule has 3 rings (SSSR count). The van der Waals surface area contributed by atoms with Crippen LogP contribution in [-0.2, 0) is 6.42 Å². The van der Waals surface area contributed by atoms with Crippen LogP contribution in [0.2, 0.25) is 5.02 Å². The Morgan fingerprint density at radius 1 is 1.29 bits per heavy atom. The van der Waals surface area contributed by atoms with Gasteiger partial charge in [0.05, 0.1) is 16.6 Å². The van der Waals surface area contributed by atoms with Gasteiger partial charge in [-0.15, -0.1) is 0 Å². The molecule has 0 saturated carbocycles. The van der Waals surface area contributed by atoms with Gasteiger partial charge in [0.2, 0.25) is 0 Å². The van der Waals surface area contributed by atoms with Crippen LogP contribution < -0.4 is 0 Å². The lowest BCUT2D eigenvalue weighted by Crippen LogP contribution is -2.30. The Bertz CT molecular complexity index is 701. The van der Waals surface area contributed by atoms with Crippen LogP contribution in [-0.4, -0.2) is 17.9 Å². The first-order valence-electron chi connectivity index (χ1n) is 6.88. The van der Waals surface area contributed by atoms with E-state index in [0.29, 0.717) is 5.56 Å². The standard InChI is InChI=1S/C17H15ClFNO/c1-20(16-9-6-11-4-2-3-5-13(11)16)17(21)14-8-7-12(19)10-15(14)18/h2-5,7-8,10,16H,6,9H2,1H3/t16-/m0/s1. The largest absolute Gasteiger partial charge is 0.335 e. The molecule has 0 N–H and O–H groups in total. The Kier molecular flexibility index (Phi) is 3.68. The zero-order valence-electron chi connectivity index (χ0n) is 11.6. The number of hydrogen-bond donors (Lipinski definition) is 0. The minimum Gasteiger partial charge on any atom is -0.335 e. The number of amides is 1. The number of hydrogen-bond acceptors (Lipinski definition) is 1. The summed E-state index contributed by atoms with van der Waals surface area (Å²) in [5.41, 5.74) is 2.81. The summed E-state index contributed by atoms with van der Waals surface area (Å²) in [5.74, 6) is -0.618. The Balaban J connectivity index is 1.89. The Morgan fingerprint density at radius 2 is 2.05 bits per heavy atom. The Morgan fingerprint density at radius 3 is 2.81 bits per heavy atom. The van der Waals surface area contributed by atoms with Gasteiger partial charge in [-0.2, -0.15) is 0 Å². The second kappa shape index (κ2) is 5.49. The van der Waals surface area contributed by atoms with Gasteiger partial charge in [0.25, 0.3) is 5.91 Å². The zero-order chi connectivity index (χ0) is 15.0. The topological polar surface area (TPSA) is 20.3 Å². The van der Waals surface area contributed by atoms with E-state index in [4.69, 9.17) is 11.6 Å². The van der Waals surface area contributed by atoms with Crippen LogP contribution in [0.25, 0.3) is 0 Å². The number of carbonyl (C=O) groups is 1. The molecule has 108 valence electrons. The highest BCUT2D eigenvalue weighted by Crippen LogP contribution is 2.36. The van der Waals surface area contributed by atoms with Crippen molar-refractivity contribution in [3.63, 3.8) is 0 Å². The number of benzene rings is 2. The van der Waals surface area contributed by atoms with Crippen molar-refractivity contribution in [1.82, 2.24) is 4.90 Å². The first-order chi connectivity index (χ1) is 10.1. The fraction of sp³-hybridized carbons (Fsp3) is 0.235. The van der Waals surface area contributed by atoms with Crippen LogP contribution >= 0.6 is 11.6 Å². The molecule has 0 aromatic heterocycles. The SMILES string of the molecule is CN(C(=O)c1ccc(F)cc1Cl)[C@H]1CCc2ccccc21. The molecule has 0 saturated heterocycles. The lowest BCUT2D eigenvalue weighted by Gasteiger charge is -2.26. The van der Waals surface area contributed by atoms with Gasteiger partial charge < -0.3 is 4.90 Å². The highest BCUT2D eigenvalue weighted by Gasteiger charge is 2.29. The van der Waals surface area contributed by atoms with Crippen molar-refractivity contribution in [3.05, 3.63) is 70.0 Å². The van der Waals surface area contributed by atoms with Crippen molar-refractivity contribution in [1.29, 1.82) is 0 Å². The van der Waals surface area contributed by atoms with Crippen molar-refractivity contribution in [2.75, 3.05) is 7.05 Å². The van der Waals surface area contributed by atoms with Gasteiger partial charge in [0, 0.05) is 7.05 Å². The molecule has 2 nitrogen and oxygen atoms in total. The molecule has 0 spiro atoms. The van der Waals surface area contributed by atoms with Crippen LogP contribution in [0.3, 0.4) is 0 Å². The maximum atomic E-state index is 13.1. The third-order valence-electron chi connectivity index (χ3n) is 4.05. The summed E-state index contributed by atoms with van der Waals surface area (Å²) < 4.78 is 13.1. The quantitative estimate of drug-likeness (QED) is 0.812. The molecule has 0 bridgehead atoms. The second-order valence-electron chi connectivity index (χ2n) is 5.29. The summed E-state index contributed by atoms with van der Waals surface area (Å²) >= 11 is 5.99. The number of carbonyl (C=O) groups excluding carboxylic acids is 1. The molecule has 2 aromatic carbocycles. The van der Waals surface area contributed by atoms with Crippen LogP contribution in [0.4, 0.5) is 4.39 Å². The van der Waals surface area contributed by atoms with Crippen LogP contribution in [0.15, 0.2) is 42.5 Å². The maximum Gasteiger partial charge on any atom is 0.255 e. The monoisotopic (exact) mass is 303 g/mol. The first kappa shape index (κ1) is 14.1. The molecule has 2 aromatic rings. The van der Waals surface area contributed by atoms with E-state index in [9.17, 15) is 9.18 Å². The van der Waals surface area contributed by atoms with E-state index in [2.05, 4.69) is 12.1 Å². The van der Waals surface area contributed by atoms with Gasteiger partial charge in [-0.1, -0.05) is 35.9 Å². The highest BCUT2D eigenvalue weighted by atomic mass is 35.5. The lowest BCUT2D eigenvalue weighted by molar-refractivity contribution is 0.0730. The summed E-state index contributed by atoms with van der Waals surface area (Å²) in [6.45, 7) is 0. The third kappa shape index (κ3) is 2.54. The molecule has 0 fully saturated rings. The average Bonchev–Trinajstić information content (AvgIpc) is 2.90. The maximum absolute atomic E-state index is 13.1. The molecule has 1 aliphatic rings.